The van der Waals surface area contributed by atoms with E-state index in [1.54, 1.807) is 0 Å². The second-order valence-corrected chi connectivity index (χ2v) is 2.51. The third-order valence-corrected chi connectivity index (χ3v) is 1.45. The highest BCUT2D eigenvalue weighted by Crippen LogP contribution is 2.14. The first-order valence-electron chi connectivity index (χ1n) is 3.86. The average molecular weight is 209 g/mol. The fraction of sp³-hybridized carbons (Fsp3) is 0. The molecule has 0 radical (unpaired) electrons. The van der Waals surface area contributed by atoms with E-state index in [9.17, 15) is 14.9 Å². The Morgan fingerprint density at radius 2 is 2.07 bits per heavy atom. The number of aliphatic carboxylic acids is 1. The number of hydrazone groups is 1. The van der Waals surface area contributed by atoms with Gasteiger partial charge in [-0.15, -0.1) is 0 Å². The quantitative estimate of drug-likeness (QED) is 0.438. The molecule has 0 saturated heterocycles. The second kappa shape index (κ2) is 4.70. The smallest absolute Gasteiger partial charge is 0.348 e. The molecule has 0 heterocycles. The molecule has 0 bridgehead atoms. The van der Waals surface area contributed by atoms with Gasteiger partial charge < -0.3 is 5.11 Å². The van der Waals surface area contributed by atoms with Crippen molar-refractivity contribution in [2.75, 3.05) is 5.43 Å². The number of nitrogens with zero attached hydrogens (tertiary/aromatic N) is 2. The number of non-ortho nitro benzene ring substituents is 1. The standard InChI is InChI=1S/C8H7N3O4/c12-8(13)5-9-10-6-1-3-7(4-2-6)11(14)15/h1-5,10H,(H,12,13)/b9-5+. The van der Waals surface area contributed by atoms with Gasteiger partial charge in [0, 0.05) is 12.1 Å². The molecule has 1 aromatic carbocycles. The summed E-state index contributed by atoms with van der Waals surface area (Å²) >= 11 is 0. The number of carboxylic acids is 1. The van der Waals surface area contributed by atoms with Gasteiger partial charge >= 0.3 is 5.97 Å². The van der Waals surface area contributed by atoms with Crippen LogP contribution in [0.2, 0.25) is 0 Å². The Labute approximate surface area is 84.2 Å². The van der Waals surface area contributed by atoms with E-state index in [2.05, 4.69) is 10.5 Å². The highest BCUT2D eigenvalue weighted by molar-refractivity contribution is 6.22. The Bertz CT molecular complexity index is 399. The molecular weight excluding hydrogens is 202 g/mol. The highest BCUT2D eigenvalue weighted by Gasteiger charge is 2.02. The number of nitro benzene ring substituents is 1. The fourth-order valence-electron chi connectivity index (χ4n) is 0.820. The molecule has 0 fully saturated rings. The number of anilines is 1. The topological polar surface area (TPSA) is 105 Å². The first-order chi connectivity index (χ1) is 7.09. The van der Waals surface area contributed by atoms with E-state index in [0.717, 1.165) is 0 Å². The number of nitrogens with one attached hydrogen (secondary N) is 1. The molecule has 1 rings (SSSR count). The van der Waals surface area contributed by atoms with Gasteiger partial charge in [0.1, 0.15) is 6.21 Å². The van der Waals surface area contributed by atoms with Crippen LogP contribution in [-0.4, -0.2) is 22.2 Å². The molecule has 15 heavy (non-hydrogen) atoms. The predicted molar refractivity (Wildman–Crippen MR) is 52.8 cm³/mol. The highest BCUT2D eigenvalue weighted by atomic mass is 16.6. The lowest BCUT2D eigenvalue weighted by atomic mass is 10.3. The number of rotatable bonds is 4. The van der Waals surface area contributed by atoms with Gasteiger partial charge in [0.2, 0.25) is 0 Å². The van der Waals surface area contributed by atoms with E-state index in [1.165, 1.54) is 24.3 Å². The minimum absolute atomic E-state index is 0.0391. The molecule has 0 aliphatic carbocycles. The van der Waals surface area contributed by atoms with Crippen LogP contribution in [0.3, 0.4) is 0 Å². The molecular formula is C8H7N3O4. The zero-order chi connectivity index (χ0) is 11.3. The van der Waals surface area contributed by atoms with Crippen molar-refractivity contribution >= 4 is 23.6 Å². The largest absolute Gasteiger partial charge is 0.477 e. The number of hydrogen-bond acceptors (Lipinski definition) is 5. The Hall–Kier alpha value is -2.44. The first-order valence-corrected chi connectivity index (χ1v) is 3.86. The van der Waals surface area contributed by atoms with Crippen LogP contribution in [0.5, 0.6) is 0 Å². The van der Waals surface area contributed by atoms with Crippen LogP contribution >= 0.6 is 0 Å². The number of hydrogen-bond donors (Lipinski definition) is 2. The normalized spacial score (nSPS) is 10.1. The van der Waals surface area contributed by atoms with Crippen molar-refractivity contribution in [2.45, 2.75) is 0 Å². The lowest BCUT2D eigenvalue weighted by Gasteiger charge is -1.97. The summed E-state index contributed by atoms with van der Waals surface area (Å²) in [4.78, 5) is 19.8. The van der Waals surface area contributed by atoms with Gasteiger partial charge in [0.25, 0.3) is 5.69 Å². The molecule has 0 amide bonds. The summed E-state index contributed by atoms with van der Waals surface area (Å²) < 4.78 is 0. The molecule has 0 spiro atoms. The van der Waals surface area contributed by atoms with Crippen LogP contribution < -0.4 is 5.43 Å². The van der Waals surface area contributed by atoms with Gasteiger partial charge in [-0.3, -0.25) is 15.5 Å². The molecule has 0 atom stereocenters. The molecule has 78 valence electrons. The molecule has 7 nitrogen and oxygen atoms in total. The van der Waals surface area contributed by atoms with E-state index in [4.69, 9.17) is 5.11 Å². The minimum atomic E-state index is -1.18. The zero-order valence-corrected chi connectivity index (χ0v) is 7.45. The number of carboxylic acid groups (broad SMARTS) is 1. The molecule has 2 N–H and O–H groups in total. The lowest BCUT2D eigenvalue weighted by molar-refractivity contribution is -0.384. The summed E-state index contributed by atoms with van der Waals surface area (Å²) in [5.41, 5.74) is 2.84. The van der Waals surface area contributed by atoms with Crippen LogP contribution in [0.1, 0.15) is 0 Å². The van der Waals surface area contributed by atoms with E-state index in [0.29, 0.717) is 11.9 Å². The number of nitro groups is 1. The number of benzene rings is 1. The van der Waals surface area contributed by atoms with Crippen LogP contribution in [0.15, 0.2) is 29.4 Å². The van der Waals surface area contributed by atoms with E-state index >= 15 is 0 Å². The maximum Gasteiger partial charge on any atom is 0.348 e. The van der Waals surface area contributed by atoms with Crippen molar-refractivity contribution in [3.05, 3.63) is 34.4 Å². The van der Waals surface area contributed by atoms with Crippen molar-refractivity contribution in [2.24, 2.45) is 5.10 Å². The molecule has 0 aromatic heterocycles. The van der Waals surface area contributed by atoms with Crippen LogP contribution in [0.25, 0.3) is 0 Å². The summed E-state index contributed by atoms with van der Waals surface area (Å²) in [6.07, 6.45) is 0.682. The minimum Gasteiger partial charge on any atom is -0.477 e. The fourth-order valence-corrected chi connectivity index (χ4v) is 0.820. The second-order valence-electron chi connectivity index (χ2n) is 2.51. The van der Waals surface area contributed by atoms with Gasteiger partial charge in [-0.05, 0) is 12.1 Å². The molecule has 0 aliphatic rings. The number of carbonyl (C=O) groups is 1. The predicted octanol–water partition coefficient (Wildman–Crippen LogP) is 1.08. The average Bonchev–Trinajstić information content (AvgIpc) is 2.18. The van der Waals surface area contributed by atoms with Gasteiger partial charge in [-0.1, -0.05) is 0 Å². The Kier molecular flexibility index (Phi) is 3.33. The van der Waals surface area contributed by atoms with Gasteiger partial charge in [-0.25, -0.2) is 4.79 Å². The van der Waals surface area contributed by atoms with Crippen LogP contribution in [0.4, 0.5) is 11.4 Å². The van der Waals surface area contributed by atoms with Crippen LogP contribution in [-0.2, 0) is 4.79 Å². The third-order valence-electron chi connectivity index (χ3n) is 1.45. The maximum absolute atomic E-state index is 10.3. The monoisotopic (exact) mass is 209 g/mol. The molecule has 0 saturated carbocycles. The molecule has 7 heteroatoms. The third kappa shape index (κ3) is 3.43. The van der Waals surface area contributed by atoms with Gasteiger partial charge in [0.15, 0.2) is 0 Å². The summed E-state index contributed by atoms with van der Waals surface area (Å²) in [6.45, 7) is 0. The van der Waals surface area contributed by atoms with E-state index < -0.39 is 10.9 Å². The lowest BCUT2D eigenvalue weighted by Crippen LogP contribution is -1.98. The zero-order valence-electron chi connectivity index (χ0n) is 7.45. The Morgan fingerprint density at radius 3 is 2.53 bits per heavy atom. The van der Waals surface area contributed by atoms with Crippen molar-refractivity contribution in [3.8, 4) is 0 Å². The van der Waals surface area contributed by atoms with Crippen molar-refractivity contribution in [3.63, 3.8) is 0 Å². The first kappa shape index (κ1) is 10.6. The molecule has 1 aromatic rings. The summed E-state index contributed by atoms with van der Waals surface area (Å²) in [6, 6.07) is 5.44. The maximum atomic E-state index is 10.3. The summed E-state index contributed by atoms with van der Waals surface area (Å²) in [5, 5.41) is 21.9. The van der Waals surface area contributed by atoms with E-state index in [1.807, 2.05) is 0 Å². The van der Waals surface area contributed by atoms with Crippen LogP contribution in [0, 0.1) is 10.1 Å². The van der Waals surface area contributed by atoms with Crippen molar-refractivity contribution < 1.29 is 14.8 Å². The summed E-state index contributed by atoms with van der Waals surface area (Å²) in [5.74, 6) is -1.18. The van der Waals surface area contributed by atoms with Gasteiger partial charge in [0.05, 0.1) is 10.6 Å². The SMILES string of the molecule is O=C(O)/C=N/Nc1ccc([N+](=O)[O-])cc1. The summed E-state index contributed by atoms with van der Waals surface area (Å²) in [7, 11) is 0. The Morgan fingerprint density at radius 1 is 1.47 bits per heavy atom. The van der Waals surface area contributed by atoms with E-state index in [-0.39, 0.29) is 5.69 Å². The Balaban J connectivity index is 2.65. The molecule has 0 unspecified atom stereocenters. The van der Waals surface area contributed by atoms with Crippen molar-refractivity contribution in [1.29, 1.82) is 0 Å². The van der Waals surface area contributed by atoms with Crippen molar-refractivity contribution in [1.82, 2.24) is 0 Å². The molecule has 0 aliphatic heterocycles. The van der Waals surface area contributed by atoms with Gasteiger partial charge in [-0.2, -0.15) is 5.10 Å².